The van der Waals surface area contributed by atoms with Gasteiger partial charge < -0.3 is 4.74 Å². The smallest absolute Gasteiger partial charge is 0.301 e. The Labute approximate surface area is 96.8 Å². The maximum atomic E-state index is 11.8. The number of nitroso groups, excluding NO2 is 1. The molecule has 1 heterocycles. The molecule has 0 amide bonds. The average Bonchev–Trinajstić information content (AvgIpc) is 2.64. The normalized spacial score (nSPS) is 10.2. The van der Waals surface area contributed by atoms with Crippen LogP contribution >= 0.6 is 0 Å². The van der Waals surface area contributed by atoms with E-state index in [4.69, 9.17) is 4.74 Å². The zero-order chi connectivity index (χ0) is 12.4. The summed E-state index contributed by atoms with van der Waals surface area (Å²) in [5.41, 5.74) is 0.512. The summed E-state index contributed by atoms with van der Waals surface area (Å²) in [6, 6.07) is 6.88. The van der Waals surface area contributed by atoms with Crippen LogP contribution in [0.4, 0.5) is 5.69 Å². The van der Waals surface area contributed by atoms with E-state index in [0.29, 0.717) is 17.1 Å². The molecular formula is C11H11N3O3. The molecule has 88 valence electrons. The summed E-state index contributed by atoms with van der Waals surface area (Å²) >= 11 is 0. The van der Waals surface area contributed by atoms with E-state index in [1.54, 1.807) is 38.3 Å². The lowest BCUT2D eigenvalue weighted by Crippen LogP contribution is -2.13. The number of hydrogen-bond donors (Lipinski definition) is 1. The van der Waals surface area contributed by atoms with Crippen molar-refractivity contribution in [2.75, 3.05) is 7.11 Å². The van der Waals surface area contributed by atoms with Crippen molar-refractivity contribution in [3.8, 4) is 11.4 Å². The first-order chi connectivity index (χ1) is 8.17. The Hall–Kier alpha value is -2.37. The number of aromatic amines is 1. The van der Waals surface area contributed by atoms with Crippen LogP contribution in [-0.2, 0) is 0 Å². The van der Waals surface area contributed by atoms with E-state index in [1.165, 1.54) is 4.68 Å². The minimum atomic E-state index is -0.456. The Kier molecular flexibility index (Phi) is 2.78. The lowest BCUT2D eigenvalue weighted by molar-refractivity contribution is 0.414. The SMILES string of the molecule is COc1ccc(-n2[nH]c(C)c(N=O)c2=O)cc1. The summed E-state index contributed by atoms with van der Waals surface area (Å²) < 4.78 is 6.29. The monoisotopic (exact) mass is 233 g/mol. The molecule has 0 spiro atoms. The number of nitrogens with one attached hydrogen (secondary N) is 1. The number of ether oxygens (including phenoxy) is 1. The number of benzene rings is 1. The van der Waals surface area contributed by atoms with Crippen molar-refractivity contribution in [1.82, 2.24) is 9.78 Å². The van der Waals surface area contributed by atoms with Gasteiger partial charge in [-0.2, -0.15) is 0 Å². The van der Waals surface area contributed by atoms with Crippen LogP contribution in [0.3, 0.4) is 0 Å². The summed E-state index contributed by atoms with van der Waals surface area (Å²) in [5, 5.41) is 5.50. The lowest BCUT2D eigenvalue weighted by atomic mass is 10.3. The van der Waals surface area contributed by atoms with Crippen molar-refractivity contribution < 1.29 is 4.74 Å². The molecule has 0 bridgehead atoms. The molecule has 0 aliphatic rings. The standard InChI is InChI=1S/C11H11N3O3/c1-7-10(13-16)11(15)14(12-7)8-3-5-9(17-2)6-4-8/h3-6,12H,1-2H3. The van der Waals surface area contributed by atoms with Crippen molar-refractivity contribution in [2.24, 2.45) is 5.18 Å². The van der Waals surface area contributed by atoms with Crippen molar-refractivity contribution in [3.63, 3.8) is 0 Å². The van der Waals surface area contributed by atoms with Crippen LogP contribution < -0.4 is 10.3 Å². The zero-order valence-corrected chi connectivity index (χ0v) is 9.43. The van der Waals surface area contributed by atoms with Gasteiger partial charge in [-0.15, -0.1) is 4.91 Å². The molecule has 0 unspecified atom stereocenters. The first-order valence-electron chi connectivity index (χ1n) is 4.96. The molecule has 6 nitrogen and oxygen atoms in total. The van der Waals surface area contributed by atoms with Crippen LogP contribution in [0.5, 0.6) is 5.75 Å². The summed E-state index contributed by atoms with van der Waals surface area (Å²) in [6.07, 6.45) is 0. The zero-order valence-electron chi connectivity index (χ0n) is 9.43. The van der Waals surface area contributed by atoms with E-state index < -0.39 is 5.56 Å². The molecule has 2 rings (SSSR count). The Balaban J connectivity index is 2.53. The fourth-order valence-electron chi connectivity index (χ4n) is 1.56. The number of methoxy groups -OCH3 is 1. The van der Waals surface area contributed by atoms with Gasteiger partial charge in [0.2, 0.25) is 0 Å². The molecule has 0 saturated heterocycles. The Morgan fingerprint density at radius 2 is 1.94 bits per heavy atom. The molecule has 0 fully saturated rings. The molecule has 0 atom stereocenters. The fourth-order valence-corrected chi connectivity index (χ4v) is 1.56. The quantitative estimate of drug-likeness (QED) is 0.822. The third-order valence-electron chi connectivity index (χ3n) is 2.46. The minimum Gasteiger partial charge on any atom is -0.497 e. The maximum Gasteiger partial charge on any atom is 0.301 e. The van der Waals surface area contributed by atoms with Gasteiger partial charge in [0.1, 0.15) is 5.75 Å². The molecule has 1 N–H and O–H groups in total. The number of aromatic nitrogens is 2. The number of aryl methyl sites for hydroxylation is 1. The molecule has 1 aromatic carbocycles. The molecule has 2 aromatic rings. The van der Waals surface area contributed by atoms with E-state index in [2.05, 4.69) is 10.3 Å². The van der Waals surface area contributed by atoms with Crippen LogP contribution in [0.15, 0.2) is 34.2 Å². The van der Waals surface area contributed by atoms with Crippen LogP contribution in [0.2, 0.25) is 0 Å². The van der Waals surface area contributed by atoms with Crippen LogP contribution in [0.1, 0.15) is 5.69 Å². The molecule has 0 radical (unpaired) electrons. The van der Waals surface area contributed by atoms with Gasteiger partial charge in [0.15, 0.2) is 5.69 Å². The predicted molar refractivity (Wildman–Crippen MR) is 63.1 cm³/mol. The van der Waals surface area contributed by atoms with E-state index in [-0.39, 0.29) is 5.69 Å². The highest BCUT2D eigenvalue weighted by molar-refractivity contribution is 5.44. The van der Waals surface area contributed by atoms with Gasteiger partial charge in [-0.1, -0.05) is 0 Å². The van der Waals surface area contributed by atoms with E-state index in [1.807, 2.05) is 0 Å². The maximum absolute atomic E-state index is 11.8. The van der Waals surface area contributed by atoms with Gasteiger partial charge in [0.25, 0.3) is 0 Å². The molecule has 17 heavy (non-hydrogen) atoms. The lowest BCUT2D eigenvalue weighted by Gasteiger charge is -2.03. The van der Waals surface area contributed by atoms with Crippen molar-refractivity contribution in [2.45, 2.75) is 6.92 Å². The molecule has 0 aliphatic heterocycles. The molecule has 1 aromatic heterocycles. The molecule has 0 aliphatic carbocycles. The second kappa shape index (κ2) is 4.25. The second-order valence-electron chi connectivity index (χ2n) is 3.52. The topological polar surface area (TPSA) is 76.5 Å². The fraction of sp³-hybridized carbons (Fsp3) is 0.182. The average molecular weight is 233 g/mol. The Morgan fingerprint density at radius 3 is 2.41 bits per heavy atom. The first kappa shape index (κ1) is 11.1. The van der Waals surface area contributed by atoms with E-state index in [0.717, 1.165) is 0 Å². The first-order valence-corrected chi connectivity index (χ1v) is 4.96. The van der Waals surface area contributed by atoms with Crippen molar-refractivity contribution in [1.29, 1.82) is 0 Å². The summed E-state index contributed by atoms with van der Waals surface area (Å²) in [4.78, 5) is 22.3. The van der Waals surface area contributed by atoms with Crippen LogP contribution in [0, 0.1) is 11.8 Å². The number of nitrogens with zero attached hydrogens (tertiary/aromatic N) is 2. The number of H-pyrrole nitrogens is 1. The molecule has 6 heteroatoms. The largest absolute Gasteiger partial charge is 0.497 e. The van der Waals surface area contributed by atoms with E-state index in [9.17, 15) is 9.70 Å². The predicted octanol–water partition coefficient (Wildman–Crippen LogP) is 1.88. The van der Waals surface area contributed by atoms with Gasteiger partial charge in [-0.3, -0.25) is 9.89 Å². The Bertz CT molecular complexity index is 595. The van der Waals surface area contributed by atoms with Crippen LogP contribution in [0.25, 0.3) is 5.69 Å². The highest BCUT2D eigenvalue weighted by Gasteiger charge is 2.12. The van der Waals surface area contributed by atoms with Crippen molar-refractivity contribution >= 4 is 5.69 Å². The van der Waals surface area contributed by atoms with Gasteiger partial charge in [-0.05, 0) is 36.4 Å². The molecular weight excluding hydrogens is 222 g/mol. The minimum absolute atomic E-state index is 0.0965. The van der Waals surface area contributed by atoms with Gasteiger partial charge >= 0.3 is 5.56 Å². The summed E-state index contributed by atoms with van der Waals surface area (Å²) in [6.45, 7) is 1.62. The third kappa shape index (κ3) is 1.84. The number of hydrogen-bond acceptors (Lipinski definition) is 4. The summed E-state index contributed by atoms with van der Waals surface area (Å²) in [5.74, 6) is 0.693. The third-order valence-corrected chi connectivity index (χ3v) is 2.46. The van der Waals surface area contributed by atoms with Gasteiger partial charge in [0, 0.05) is 0 Å². The highest BCUT2D eigenvalue weighted by Crippen LogP contribution is 2.16. The van der Waals surface area contributed by atoms with Gasteiger partial charge in [-0.25, -0.2) is 4.68 Å². The Morgan fingerprint density at radius 1 is 1.29 bits per heavy atom. The van der Waals surface area contributed by atoms with Crippen LogP contribution in [-0.4, -0.2) is 16.9 Å². The summed E-state index contributed by atoms with van der Waals surface area (Å²) in [7, 11) is 1.56. The second-order valence-corrected chi connectivity index (χ2v) is 3.52. The highest BCUT2D eigenvalue weighted by atomic mass is 16.5. The molecule has 0 saturated carbocycles. The van der Waals surface area contributed by atoms with Gasteiger partial charge in [0.05, 0.1) is 18.5 Å². The number of rotatable bonds is 3. The van der Waals surface area contributed by atoms with E-state index >= 15 is 0 Å². The van der Waals surface area contributed by atoms with Crippen molar-refractivity contribution in [3.05, 3.63) is 45.2 Å².